The molecule has 1 atom stereocenters. The molecule has 0 aliphatic rings. The molecular formula is C17H21NO. The van der Waals surface area contributed by atoms with Crippen LogP contribution < -0.4 is 5.32 Å². The molecule has 19 heavy (non-hydrogen) atoms. The van der Waals surface area contributed by atoms with Gasteiger partial charge in [-0.25, -0.2) is 0 Å². The van der Waals surface area contributed by atoms with Gasteiger partial charge < -0.3 is 10.4 Å². The van der Waals surface area contributed by atoms with Crippen LogP contribution in [0.3, 0.4) is 0 Å². The highest BCUT2D eigenvalue weighted by Crippen LogP contribution is 2.27. The van der Waals surface area contributed by atoms with E-state index in [2.05, 4.69) is 45.1 Å². The molecule has 0 saturated heterocycles. The molecule has 100 valence electrons. The van der Waals surface area contributed by atoms with Crippen molar-refractivity contribution in [1.29, 1.82) is 0 Å². The van der Waals surface area contributed by atoms with E-state index in [0.717, 1.165) is 5.56 Å². The van der Waals surface area contributed by atoms with Gasteiger partial charge in [0.25, 0.3) is 0 Å². The smallest absolute Gasteiger partial charge is 0.115 e. The maximum atomic E-state index is 9.33. The van der Waals surface area contributed by atoms with Crippen LogP contribution in [0.25, 0.3) is 0 Å². The Labute approximate surface area is 115 Å². The molecule has 2 heteroatoms. The van der Waals surface area contributed by atoms with Crippen molar-refractivity contribution in [2.75, 3.05) is 5.32 Å². The van der Waals surface area contributed by atoms with Crippen LogP contribution in [0.4, 0.5) is 5.69 Å². The van der Waals surface area contributed by atoms with Crippen LogP contribution in [0.15, 0.2) is 36.4 Å². The topological polar surface area (TPSA) is 32.3 Å². The summed E-state index contributed by atoms with van der Waals surface area (Å²) in [5.41, 5.74) is 6.19. The van der Waals surface area contributed by atoms with Gasteiger partial charge in [0.05, 0.1) is 0 Å². The second-order valence-electron chi connectivity index (χ2n) is 5.23. The summed E-state index contributed by atoms with van der Waals surface area (Å²) in [6.45, 7) is 8.51. The highest BCUT2D eigenvalue weighted by atomic mass is 16.3. The second-order valence-corrected chi connectivity index (χ2v) is 5.23. The predicted octanol–water partition coefficient (Wildman–Crippen LogP) is 4.49. The van der Waals surface area contributed by atoms with Crippen molar-refractivity contribution in [2.45, 2.75) is 33.7 Å². The molecule has 0 fully saturated rings. The number of phenolic OH excluding ortho intramolecular Hbond substituents is 1. The fourth-order valence-electron chi connectivity index (χ4n) is 2.47. The number of hydrogen-bond acceptors (Lipinski definition) is 2. The zero-order chi connectivity index (χ0) is 14.0. The number of nitrogens with one attached hydrogen (secondary N) is 1. The molecule has 1 unspecified atom stereocenters. The molecule has 2 rings (SSSR count). The van der Waals surface area contributed by atoms with Crippen LogP contribution in [0.2, 0.25) is 0 Å². The van der Waals surface area contributed by atoms with Crippen molar-refractivity contribution in [3.63, 3.8) is 0 Å². The molecule has 2 aromatic carbocycles. The van der Waals surface area contributed by atoms with E-state index in [9.17, 15) is 5.11 Å². The van der Waals surface area contributed by atoms with E-state index in [0.29, 0.717) is 5.75 Å². The third-order valence-electron chi connectivity index (χ3n) is 3.43. The van der Waals surface area contributed by atoms with E-state index in [1.165, 1.54) is 22.4 Å². The van der Waals surface area contributed by atoms with Crippen molar-refractivity contribution < 1.29 is 5.11 Å². The van der Waals surface area contributed by atoms with E-state index in [-0.39, 0.29) is 6.04 Å². The van der Waals surface area contributed by atoms with Gasteiger partial charge in [-0.1, -0.05) is 29.8 Å². The number of anilines is 1. The number of rotatable bonds is 3. The summed E-state index contributed by atoms with van der Waals surface area (Å²) in [4.78, 5) is 0. The van der Waals surface area contributed by atoms with Gasteiger partial charge in [-0.3, -0.25) is 0 Å². The Bertz CT molecular complexity index is 549. The molecule has 0 radical (unpaired) electrons. The first-order valence-electron chi connectivity index (χ1n) is 6.60. The molecule has 2 N–H and O–H groups in total. The molecule has 0 heterocycles. The Balaban J connectivity index is 2.24. The van der Waals surface area contributed by atoms with Crippen molar-refractivity contribution in [3.8, 4) is 5.75 Å². The normalized spacial score (nSPS) is 12.2. The lowest BCUT2D eigenvalue weighted by molar-refractivity contribution is 0.475. The van der Waals surface area contributed by atoms with E-state index in [4.69, 9.17) is 0 Å². The number of hydrogen-bond donors (Lipinski definition) is 2. The van der Waals surface area contributed by atoms with Crippen LogP contribution in [0.5, 0.6) is 5.75 Å². The first-order valence-corrected chi connectivity index (χ1v) is 6.60. The summed E-state index contributed by atoms with van der Waals surface area (Å²) in [6, 6.07) is 11.9. The largest absolute Gasteiger partial charge is 0.508 e. The molecule has 2 aromatic rings. The molecular weight excluding hydrogens is 234 g/mol. The van der Waals surface area contributed by atoms with E-state index < -0.39 is 0 Å². The van der Waals surface area contributed by atoms with E-state index in [1.54, 1.807) is 12.1 Å². The number of benzene rings is 2. The summed E-state index contributed by atoms with van der Waals surface area (Å²) in [6.07, 6.45) is 0. The van der Waals surface area contributed by atoms with Gasteiger partial charge in [-0.05, 0) is 56.5 Å². The van der Waals surface area contributed by atoms with Crippen LogP contribution in [-0.2, 0) is 0 Å². The summed E-state index contributed by atoms with van der Waals surface area (Å²) >= 11 is 0. The molecule has 0 aromatic heterocycles. The zero-order valence-electron chi connectivity index (χ0n) is 12.0. The molecule has 0 saturated carbocycles. The van der Waals surface area contributed by atoms with Crippen molar-refractivity contribution >= 4 is 5.69 Å². The highest BCUT2D eigenvalue weighted by Gasteiger charge is 2.09. The molecule has 0 aliphatic carbocycles. The lowest BCUT2D eigenvalue weighted by Gasteiger charge is -2.20. The number of aromatic hydroxyl groups is 1. The van der Waals surface area contributed by atoms with Crippen LogP contribution in [-0.4, -0.2) is 5.11 Å². The highest BCUT2D eigenvalue weighted by molar-refractivity contribution is 5.59. The molecule has 2 nitrogen and oxygen atoms in total. The molecule has 0 spiro atoms. The third kappa shape index (κ3) is 3.08. The number of phenols is 1. The minimum Gasteiger partial charge on any atom is -0.508 e. The minimum atomic E-state index is 0.209. The number of aryl methyl sites for hydroxylation is 3. The lowest BCUT2D eigenvalue weighted by atomic mass is 10.0. The Morgan fingerprint density at radius 2 is 1.47 bits per heavy atom. The average Bonchev–Trinajstić information content (AvgIpc) is 2.34. The first-order chi connectivity index (χ1) is 8.97. The van der Waals surface area contributed by atoms with Gasteiger partial charge in [0.1, 0.15) is 5.75 Å². The van der Waals surface area contributed by atoms with E-state index >= 15 is 0 Å². The zero-order valence-corrected chi connectivity index (χ0v) is 12.0. The third-order valence-corrected chi connectivity index (χ3v) is 3.43. The maximum absolute atomic E-state index is 9.33. The van der Waals surface area contributed by atoms with E-state index in [1.807, 2.05) is 12.1 Å². The summed E-state index contributed by atoms with van der Waals surface area (Å²) < 4.78 is 0. The Morgan fingerprint density at radius 1 is 0.947 bits per heavy atom. The fourth-order valence-corrected chi connectivity index (χ4v) is 2.47. The molecule has 0 bridgehead atoms. The van der Waals surface area contributed by atoms with Crippen molar-refractivity contribution in [2.24, 2.45) is 0 Å². The first kappa shape index (κ1) is 13.5. The molecule has 0 amide bonds. The summed E-state index contributed by atoms with van der Waals surface area (Å²) in [5.74, 6) is 0.304. The Morgan fingerprint density at radius 3 is 2.00 bits per heavy atom. The maximum Gasteiger partial charge on any atom is 0.115 e. The quantitative estimate of drug-likeness (QED) is 0.847. The average molecular weight is 255 g/mol. The standard InChI is InChI=1S/C17H21NO/c1-11-9-12(2)17(13(3)10-11)18-14(4)15-5-7-16(19)8-6-15/h5-10,14,18-19H,1-4H3. The molecule has 0 aliphatic heterocycles. The summed E-state index contributed by atoms with van der Waals surface area (Å²) in [7, 11) is 0. The van der Waals surface area contributed by atoms with Gasteiger partial charge in [0.2, 0.25) is 0 Å². The van der Waals surface area contributed by atoms with Gasteiger partial charge >= 0.3 is 0 Å². The van der Waals surface area contributed by atoms with Gasteiger partial charge in [0.15, 0.2) is 0 Å². The van der Waals surface area contributed by atoms with Crippen LogP contribution >= 0.6 is 0 Å². The Kier molecular flexibility index (Phi) is 3.79. The summed E-state index contributed by atoms with van der Waals surface area (Å²) in [5, 5.41) is 12.9. The Hall–Kier alpha value is -1.96. The SMILES string of the molecule is Cc1cc(C)c(NC(C)c2ccc(O)cc2)c(C)c1. The van der Waals surface area contributed by atoms with Crippen LogP contribution in [0.1, 0.15) is 35.2 Å². The van der Waals surface area contributed by atoms with Crippen LogP contribution in [0, 0.1) is 20.8 Å². The monoisotopic (exact) mass is 255 g/mol. The van der Waals surface area contributed by atoms with Gasteiger partial charge in [-0.15, -0.1) is 0 Å². The van der Waals surface area contributed by atoms with Gasteiger partial charge in [-0.2, -0.15) is 0 Å². The minimum absolute atomic E-state index is 0.209. The lowest BCUT2D eigenvalue weighted by Crippen LogP contribution is -2.09. The van der Waals surface area contributed by atoms with Crippen molar-refractivity contribution in [1.82, 2.24) is 0 Å². The van der Waals surface area contributed by atoms with Crippen molar-refractivity contribution in [3.05, 3.63) is 58.7 Å². The fraction of sp³-hybridized carbons (Fsp3) is 0.294. The van der Waals surface area contributed by atoms with Gasteiger partial charge in [0, 0.05) is 11.7 Å². The second kappa shape index (κ2) is 5.35. The predicted molar refractivity (Wildman–Crippen MR) is 80.8 cm³/mol.